The molecule has 0 aliphatic carbocycles. The minimum atomic E-state index is -0.587. The van der Waals surface area contributed by atoms with Crippen LogP contribution in [0.4, 0.5) is 5.69 Å². The molecular formula is C17H18ClNO2. The van der Waals surface area contributed by atoms with Crippen molar-refractivity contribution in [2.75, 3.05) is 5.32 Å². The molecule has 0 saturated heterocycles. The van der Waals surface area contributed by atoms with Crippen LogP contribution in [0.1, 0.15) is 19.4 Å². The number of aryl methyl sites for hydroxylation is 1. The van der Waals surface area contributed by atoms with Gasteiger partial charge in [0.15, 0.2) is 6.10 Å². The SMILES string of the molecule is CCc1cccc(NC(=O)C(C)Oc2ccc(Cl)cc2)c1. The Bertz CT molecular complexity index is 610. The van der Waals surface area contributed by atoms with Gasteiger partial charge in [0.25, 0.3) is 5.91 Å². The second-order valence-electron chi connectivity index (χ2n) is 4.76. The van der Waals surface area contributed by atoms with E-state index in [0.29, 0.717) is 10.8 Å². The van der Waals surface area contributed by atoms with Crippen LogP contribution in [-0.4, -0.2) is 12.0 Å². The number of amides is 1. The summed E-state index contributed by atoms with van der Waals surface area (Å²) in [5.41, 5.74) is 1.96. The summed E-state index contributed by atoms with van der Waals surface area (Å²) in [6, 6.07) is 14.7. The van der Waals surface area contributed by atoms with Gasteiger partial charge in [0.05, 0.1) is 0 Å². The number of rotatable bonds is 5. The van der Waals surface area contributed by atoms with E-state index in [1.54, 1.807) is 31.2 Å². The Morgan fingerprint density at radius 3 is 2.62 bits per heavy atom. The van der Waals surface area contributed by atoms with Crippen LogP contribution < -0.4 is 10.1 Å². The summed E-state index contributed by atoms with van der Waals surface area (Å²) in [6.45, 7) is 3.79. The van der Waals surface area contributed by atoms with E-state index in [0.717, 1.165) is 12.1 Å². The zero-order chi connectivity index (χ0) is 15.2. The van der Waals surface area contributed by atoms with Crippen molar-refractivity contribution in [1.29, 1.82) is 0 Å². The molecule has 0 radical (unpaired) electrons. The Morgan fingerprint density at radius 2 is 1.95 bits per heavy atom. The minimum Gasteiger partial charge on any atom is -0.481 e. The van der Waals surface area contributed by atoms with E-state index in [9.17, 15) is 4.79 Å². The van der Waals surface area contributed by atoms with Gasteiger partial charge >= 0.3 is 0 Å². The Hall–Kier alpha value is -2.00. The fourth-order valence-corrected chi connectivity index (χ4v) is 2.01. The lowest BCUT2D eigenvalue weighted by Crippen LogP contribution is -2.30. The van der Waals surface area contributed by atoms with E-state index in [4.69, 9.17) is 16.3 Å². The molecule has 4 heteroatoms. The number of carbonyl (C=O) groups excluding carboxylic acids is 1. The molecule has 1 amide bonds. The fraction of sp³-hybridized carbons (Fsp3) is 0.235. The number of nitrogens with one attached hydrogen (secondary N) is 1. The highest BCUT2D eigenvalue weighted by molar-refractivity contribution is 6.30. The zero-order valence-corrected chi connectivity index (χ0v) is 12.9. The van der Waals surface area contributed by atoms with Gasteiger partial charge in [-0.1, -0.05) is 30.7 Å². The third kappa shape index (κ3) is 4.50. The average molecular weight is 304 g/mol. The van der Waals surface area contributed by atoms with E-state index in [-0.39, 0.29) is 5.91 Å². The maximum Gasteiger partial charge on any atom is 0.265 e. The molecule has 3 nitrogen and oxygen atoms in total. The summed E-state index contributed by atoms with van der Waals surface area (Å²) >= 11 is 5.81. The van der Waals surface area contributed by atoms with Gasteiger partial charge in [0.2, 0.25) is 0 Å². The largest absolute Gasteiger partial charge is 0.481 e. The molecule has 0 spiro atoms. The van der Waals surface area contributed by atoms with Crippen molar-refractivity contribution >= 4 is 23.2 Å². The van der Waals surface area contributed by atoms with Gasteiger partial charge in [-0.15, -0.1) is 0 Å². The first-order valence-corrected chi connectivity index (χ1v) is 7.28. The number of hydrogen-bond acceptors (Lipinski definition) is 2. The molecule has 0 aliphatic rings. The number of carbonyl (C=O) groups is 1. The van der Waals surface area contributed by atoms with Gasteiger partial charge in [-0.25, -0.2) is 0 Å². The third-order valence-electron chi connectivity index (χ3n) is 3.10. The van der Waals surface area contributed by atoms with Crippen molar-refractivity contribution in [2.45, 2.75) is 26.4 Å². The van der Waals surface area contributed by atoms with Crippen LogP contribution in [0, 0.1) is 0 Å². The molecule has 0 aliphatic heterocycles. The third-order valence-corrected chi connectivity index (χ3v) is 3.35. The van der Waals surface area contributed by atoms with Crippen molar-refractivity contribution in [3.05, 3.63) is 59.1 Å². The molecule has 110 valence electrons. The second-order valence-corrected chi connectivity index (χ2v) is 5.19. The van der Waals surface area contributed by atoms with Gasteiger partial charge in [0, 0.05) is 10.7 Å². The summed E-state index contributed by atoms with van der Waals surface area (Å²) in [5.74, 6) is 0.433. The van der Waals surface area contributed by atoms with E-state index in [1.165, 1.54) is 5.56 Å². The van der Waals surface area contributed by atoms with Crippen LogP contribution in [0.5, 0.6) is 5.75 Å². The second kappa shape index (κ2) is 7.14. The lowest BCUT2D eigenvalue weighted by Gasteiger charge is -2.15. The monoisotopic (exact) mass is 303 g/mol. The van der Waals surface area contributed by atoms with Crippen LogP contribution in [-0.2, 0) is 11.2 Å². The van der Waals surface area contributed by atoms with Crippen molar-refractivity contribution in [3.63, 3.8) is 0 Å². The van der Waals surface area contributed by atoms with Gasteiger partial charge < -0.3 is 10.1 Å². The Labute approximate surface area is 129 Å². The molecular weight excluding hydrogens is 286 g/mol. The zero-order valence-electron chi connectivity index (χ0n) is 12.1. The Morgan fingerprint density at radius 1 is 1.24 bits per heavy atom. The summed E-state index contributed by atoms with van der Waals surface area (Å²) in [7, 11) is 0. The molecule has 2 rings (SSSR count). The molecule has 0 aromatic heterocycles. The highest BCUT2D eigenvalue weighted by Crippen LogP contribution is 2.17. The highest BCUT2D eigenvalue weighted by atomic mass is 35.5. The number of hydrogen-bond donors (Lipinski definition) is 1. The summed E-state index contributed by atoms with van der Waals surface area (Å²) < 4.78 is 5.59. The van der Waals surface area contributed by atoms with Crippen LogP contribution in [0.3, 0.4) is 0 Å². The Kier molecular flexibility index (Phi) is 5.23. The maximum absolute atomic E-state index is 12.1. The quantitative estimate of drug-likeness (QED) is 0.894. The highest BCUT2D eigenvalue weighted by Gasteiger charge is 2.14. The molecule has 0 fully saturated rings. The first-order valence-electron chi connectivity index (χ1n) is 6.90. The first kappa shape index (κ1) is 15.4. The van der Waals surface area contributed by atoms with Crippen LogP contribution in [0.2, 0.25) is 5.02 Å². The van der Waals surface area contributed by atoms with Gasteiger partial charge in [-0.2, -0.15) is 0 Å². The molecule has 1 N–H and O–H groups in total. The predicted octanol–water partition coefficient (Wildman–Crippen LogP) is 4.31. The Balaban J connectivity index is 1.97. The predicted molar refractivity (Wildman–Crippen MR) is 86.0 cm³/mol. The lowest BCUT2D eigenvalue weighted by atomic mass is 10.1. The topological polar surface area (TPSA) is 38.3 Å². The molecule has 2 aromatic carbocycles. The summed E-state index contributed by atoms with van der Waals surface area (Å²) in [4.78, 5) is 12.1. The molecule has 2 aromatic rings. The van der Waals surface area contributed by atoms with Crippen molar-refractivity contribution in [2.24, 2.45) is 0 Å². The van der Waals surface area contributed by atoms with E-state index in [1.807, 2.05) is 24.3 Å². The van der Waals surface area contributed by atoms with E-state index >= 15 is 0 Å². The average Bonchev–Trinajstić information content (AvgIpc) is 2.49. The molecule has 21 heavy (non-hydrogen) atoms. The van der Waals surface area contributed by atoms with Gasteiger partial charge in [-0.3, -0.25) is 4.79 Å². The van der Waals surface area contributed by atoms with E-state index < -0.39 is 6.10 Å². The van der Waals surface area contributed by atoms with Crippen molar-refractivity contribution in [1.82, 2.24) is 0 Å². The summed E-state index contributed by atoms with van der Waals surface area (Å²) in [6.07, 6.45) is 0.344. The molecule has 1 atom stereocenters. The fourth-order valence-electron chi connectivity index (χ4n) is 1.88. The lowest BCUT2D eigenvalue weighted by molar-refractivity contribution is -0.122. The van der Waals surface area contributed by atoms with Crippen molar-refractivity contribution in [3.8, 4) is 5.75 Å². The molecule has 0 saturated carbocycles. The molecule has 1 unspecified atom stereocenters. The maximum atomic E-state index is 12.1. The summed E-state index contributed by atoms with van der Waals surface area (Å²) in [5, 5.41) is 3.49. The smallest absolute Gasteiger partial charge is 0.265 e. The first-order chi connectivity index (χ1) is 10.1. The van der Waals surface area contributed by atoms with Gasteiger partial charge in [0.1, 0.15) is 5.75 Å². The number of halogens is 1. The normalized spacial score (nSPS) is 11.8. The number of benzene rings is 2. The number of anilines is 1. The van der Waals surface area contributed by atoms with Crippen LogP contribution >= 0.6 is 11.6 Å². The number of ether oxygens (including phenoxy) is 1. The van der Waals surface area contributed by atoms with Crippen LogP contribution in [0.15, 0.2) is 48.5 Å². The van der Waals surface area contributed by atoms with Gasteiger partial charge in [-0.05, 0) is 55.3 Å². The molecule has 0 heterocycles. The van der Waals surface area contributed by atoms with Crippen LogP contribution in [0.25, 0.3) is 0 Å². The molecule has 0 bridgehead atoms. The van der Waals surface area contributed by atoms with E-state index in [2.05, 4.69) is 12.2 Å². The standard InChI is InChI=1S/C17H18ClNO2/c1-3-13-5-4-6-15(11-13)19-17(20)12(2)21-16-9-7-14(18)8-10-16/h4-12H,3H2,1-2H3,(H,19,20). The minimum absolute atomic E-state index is 0.182. The van der Waals surface area contributed by atoms with Crippen molar-refractivity contribution < 1.29 is 9.53 Å².